The third-order valence-corrected chi connectivity index (χ3v) is 7.69. The van der Waals surface area contributed by atoms with Gasteiger partial charge in [0.15, 0.2) is 0 Å². The molecule has 0 radical (unpaired) electrons. The fourth-order valence-corrected chi connectivity index (χ4v) is 5.38. The van der Waals surface area contributed by atoms with E-state index >= 15 is 0 Å². The Labute approximate surface area is 167 Å². The average molecular weight is 401 g/mol. The maximum absolute atomic E-state index is 13.0. The van der Waals surface area contributed by atoms with E-state index in [1.807, 2.05) is 58.0 Å². The second-order valence-corrected chi connectivity index (χ2v) is 9.59. The van der Waals surface area contributed by atoms with Crippen molar-refractivity contribution in [2.75, 3.05) is 18.4 Å². The molecule has 0 aromatic heterocycles. The van der Waals surface area contributed by atoms with Crippen LogP contribution in [0.1, 0.15) is 35.1 Å². The van der Waals surface area contributed by atoms with Crippen molar-refractivity contribution < 1.29 is 13.2 Å². The summed E-state index contributed by atoms with van der Waals surface area (Å²) in [5.74, 6) is -0.206. The van der Waals surface area contributed by atoms with Crippen molar-refractivity contribution in [2.24, 2.45) is 5.92 Å². The van der Waals surface area contributed by atoms with Gasteiger partial charge in [0.25, 0.3) is 0 Å². The first kappa shape index (κ1) is 20.6. The molecule has 1 amide bonds. The summed E-state index contributed by atoms with van der Waals surface area (Å²) in [6.45, 7) is 8.44. The van der Waals surface area contributed by atoms with Crippen LogP contribution >= 0.6 is 0 Å². The Hall–Kier alpha value is -2.18. The molecule has 0 saturated carbocycles. The van der Waals surface area contributed by atoms with Crippen molar-refractivity contribution in [3.05, 3.63) is 58.7 Å². The lowest BCUT2D eigenvalue weighted by atomic mass is 9.97. The monoisotopic (exact) mass is 400 g/mol. The number of nitrogens with one attached hydrogen (secondary N) is 1. The summed E-state index contributed by atoms with van der Waals surface area (Å²) >= 11 is 0. The van der Waals surface area contributed by atoms with E-state index in [0.717, 1.165) is 27.9 Å². The number of sulfonamides is 1. The van der Waals surface area contributed by atoms with Gasteiger partial charge in [0.2, 0.25) is 15.9 Å². The molecule has 1 fully saturated rings. The molecule has 1 aliphatic rings. The molecule has 1 saturated heterocycles. The molecular weight excluding hydrogens is 372 g/mol. The number of piperidine rings is 1. The normalized spacial score (nSPS) is 16.1. The first-order valence-electron chi connectivity index (χ1n) is 9.64. The zero-order chi connectivity index (χ0) is 20.5. The van der Waals surface area contributed by atoms with Crippen LogP contribution in [-0.4, -0.2) is 31.7 Å². The molecule has 2 aromatic carbocycles. The van der Waals surface area contributed by atoms with Gasteiger partial charge in [-0.1, -0.05) is 24.3 Å². The van der Waals surface area contributed by atoms with E-state index in [4.69, 9.17) is 0 Å². The maximum Gasteiger partial charge on any atom is 0.243 e. The first-order valence-corrected chi connectivity index (χ1v) is 11.1. The van der Waals surface area contributed by atoms with E-state index in [-0.39, 0.29) is 11.8 Å². The molecule has 150 valence electrons. The SMILES string of the molecule is Cc1ccc(C)c(S(=O)(=O)N2CCC(C(=O)Nc3cccc(C)c3C)CC2)c1. The third kappa shape index (κ3) is 4.13. The Kier molecular flexibility index (Phi) is 5.91. The van der Waals surface area contributed by atoms with Gasteiger partial charge in [-0.3, -0.25) is 4.79 Å². The lowest BCUT2D eigenvalue weighted by Gasteiger charge is -2.31. The fraction of sp³-hybridized carbons (Fsp3) is 0.409. The molecule has 28 heavy (non-hydrogen) atoms. The molecule has 3 rings (SSSR count). The van der Waals surface area contributed by atoms with Crippen LogP contribution in [-0.2, 0) is 14.8 Å². The smallest absolute Gasteiger partial charge is 0.243 e. The van der Waals surface area contributed by atoms with Gasteiger partial charge in [0.05, 0.1) is 4.90 Å². The Morgan fingerprint density at radius 2 is 1.68 bits per heavy atom. The highest BCUT2D eigenvalue weighted by molar-refractivity contribution is 7.89. The summed E-state index contributed by atoms with van der Waals surface area (Å²) in [6.07, 6.45) is 1.06. The number of hydrogen-bond donors (Lipinski definition) is 1. The van der Waals surface area contributed by atoms with E-state index in [1.165, 1.54) is 4.31 Å². The lowest BCUT2D eigenvalue weighted by Crippen LogP contribution is -2.41. The third-order valence-electron chi connectivity index (χ3n) is 5.65. The van der Waals surface area contributed by atoms with Crippen molar-refractivity contribution in [3.8, 4) is 0 Å². The number of amides is 1. The summed E-state index contributed by atoms with van der Waals surface area (Å²) < 4.78 is 27.6. The van der Waals surface area contributed by atoms with Gasteiger partial charge >= 0.3 is 0 Å². The van der Waals surface area contributed by atoms with E-state index in [1.54, 1.807) is 6.07 Å². The number of aryl methyl sites for hydroxylation is 3. The van der Waals surface area contributed by atoms with Crippen LogP contribution in [0.2, 0.25) is 0 Å². The highest BCUT2D eigenvalue weighted by Crippen LogP contribution is 2.27. The van der Waals surface area contributed by atoms with E-state index in [0.29, 0.717) is 30.8 Å². The lowest BCUT2D eigenvalue weighted by molar-refractivity contribution is -0.120. The van der Waals surface area contributed by atoms with Gasteiger partial charge in [0.1, 0.15) is 0 Å². The van der Waals surface area contributed by atoms with Gasteiger partial charge in [0, 0.05) is 24.7 Å². The van der Waals surface area contributed by atoms with Gasteiger partial charge in [-0.05, 0) is 74.9 Å². The van der Waals surface area contributed by atoms with Crippen molar-refractivity contribution in [3.63, 3.8) is 0 Å². The number of carbonyl (C=O) groups is 1. The summed E-state index contributed by atoms with van der Waals surface area (Å²) in [5.41, 5.74) is 4.70. The number of carbonyl (C=O) groups excluding carboxylic acids is 1. The largest absolute Gasteiger partial charge is 0.326 e. The highest BCUT2D eigenvalue weighted by Gasteiger charge is 2.33. The van der Waals surface area contributed by atoms with Crippen molar-refractivity contribution in [1.82, 2.24) is 4.31 Å². The molecule has 1 aliphatic heterocycles. The first-order chi connectivity index (χ1) is 13.2. The number of nitrogens with zero attached hydrogens (tertiary/aromatic N) is 1. The zero-order valence-electron chi connectivity index (χ0n) is 17.0. The Bertz CT molecular complexity index is 991. The maximum atomic E-state index is 13.0. The molecule has 0 bridgehead atoms. The zero-order valence-corrected chi connectivity index (χ0v) is 17.8. The number of benzene rings is 2. The molecule has 1 N–H and O–H groups in total. The van der Waals surface area contributed by atoms with Crippen LogP contribution in [0, 0.1) is 33.6 Å². The van der Waals surface area contributed by atoms with Crippen LogP contribution in [0.25, 0.3) is 0 Å². The molecular formula is C22H28N2O3S. The predicted octanol–water partition coefficient (Wildman–Crippen LogP) is 3.96. The predicted molar refractivity (Wildman–Crippen MR) is 112 cm³/mol. The number of rotatable bonds is 4. The van der Waals surface area contributed by atoms with Gasteiger partial charge in [-0.25, -0.2) is 8.42 Å². The Morgan fingerprint density at radius 3 is 2.36 bits per heavy atom. The minimum Gasteiger partial charge on any atom is -0.326 e. The second-order valence-electron chi connectivity index (χ2n) is 7.68. The average Bonchev–Trinajstić information content (AvgIpc) is 2.67. The van der Waals surface area contributed by atoms with Crippen molar-refractivity contribution in [1.29, 1.82) is 0 Å². The molecule has 6 heteroatoms. The Balaban J connectivity index is 1.67. The van der Waals surface area contributed by atoms with Crippen LogP contribution in [0.15, 0.2) is 41.3 Å². The van der Waals surface area contributed by atoms with Crippen LogP contribution < -0.4 is 5.32 Å². The molecule has 0 aliphatic carbocycles. The van der Waals surface area contributed by atoms with Gasteiger partial charge in [-0.2, -0.15) is 4.31 Å². The second kappa shape index (κ2) is 8.05. The standard InChI is InChI=1S/C22H28N2O3S/c1-15-8-9-17(3)21(14-15)28(26,27)24-12-10-19(11-13-24)22(25)23-20-7-5-6-16(2)18(20)4/h5-9,14,19H,10-13H2,1-4H3,(H,23,25). The van der Waals surface area contributed by atoms with Crippen LogP contribution in [0.4, 0.5) is 5.69 Å². The number of anilines is 1. The minimum atomic E-state index is -3.53. The van der Waals surface area contributed by atoms with Crippen LogP contribution in [0.3, 0.4) is 0 Å². The Morgan fingerprint density at radius 1 is 1.00 bits per heavy atom. The highest BCUT2D eigenvalue weighted by atomic mass is 32.2. The quantitative estimate of drug-likeness (QED) is 0.845. The molecule has 5 nitrogen and oxygen atoms in total. The van der Waals surface area contributed by atoms with E-state index < -0.39 is 10.0 Å². The molecule has 0 atom stereocenters. The summed E-state index contributed by atoms with van der Waals surface area (Å²) in [4.78, 5) is 13.0. The van der Waals surface area contributed by atoms with Crippen molar-refractivity contribution in [2.45, 2.75) is 45.4 Å². The summed E-state index contributed by atoms with van der Waals surface area (Å²) in [5, 5.41) is 3.02. The summed E-state index contributed by atoms with van der Waals surface area (Å²) in [7, 11) is -3.53. The minimum absolute atomic E-state index is 0.0301. The molecule has 0 spiro atoms. The van der Waals surface area contributed by atoms with Crippen molar-refractivity contribution >= 4 is 21.6 Å². The molecule has 0 unspecified atom stereocenters. The van der Waals surface area contributed by atoms with E-state index in [9.17, 15) is 13.2 Å². The molecule has 2 aromatic rings. The summed E-state index contributed by atoms with van der Waals surface area (Å²) in [6, 6.07) is 11.3. The van der Waals surface area contributed by atoms with Gasteiger partial charge < -0.3 is 5.32 Å². The van der Waals surface area contributed by atoms with Gasteiger partial charge in [-0.15, -0.1) is 0 Å². The topological polar surface area (TPSA) is 66.5 Å². The van der Waals surface area contributed by atoms with E-state index in [2.05, 4.69) is 5.32 Å². The van der Waals surface area contributed by atoms with Crippen LogP contribution in [0.5, 0.6) is 0 Å². The molecule has 1 heterocycles. The fourth-order valence-electron chi connectivity index (χ4n) is 3.60. The number of hydrogen-bond acceptors (Lipinski definition) is 3.